The first kappa shape index (κ1) is 8.30. The van der Waals surface area contributed by atoms with E-state index in [-0.39, 0.29) is 5.91 Å². The topological polar surface area (TPSA) is 55.1 Å². The maximum Gasteiger partial charge on any atom is 0.261 e. The molecular weight excluding hydrogens is 164 g/mol. The molecule has 0 aliphatic heterocycles. The Labute approximate surface area is 69.9 Å². The van der Waals surface area contributed by atoms with Crippen molar-refractivity contribution in [3.05, 3.63) is 22.8 Å². The van der Waals surface area contributed by atoms with Crippen molar-refractivity contribution in [2.75, 3.05) is 0 Å². The molecule has 0 unspecified atom stereocenters. The minimum atomic E-state index is -0.231. The van der Waals surface area contributed by atoms with Crippen molar-refractivity contribution in [1.29, 1.82) is 0 Å². The van der Waals surface area contributed by atoms with E-state index in [1.54, 1.807) is 12.2 Å². The molecule has 0 heterocycles. The number of nitrogens with one attached hydrogen (secondary N) is 1. The molecule has 11 heavy (non-hydrogen) atoms. The van der Waals surface area contributed by atoms with E-state index >= 15 is 0 Å². The highest BCUT2D eigenvalue weighted by atomic mass is 35.5. The van der Waals surface area contributed by atoms with Gasteiger partial charge in [-0.25, -0.2) is 5.84 Å². The maximum absolute atomic E-state index is 10.9. The van der Waals surface area contributed by atoms with Crippen LogP contribution in [0.1, 0.15) is 12.8 Å². The van der Waals surface area contributed by atoms with Crippen LogP contribution in [0.3, 0.4) is 0 Å². The van der Waals surface area contributed by atoms with Crippen molar-refractivity contribution in [2.45, 2.75) is 12.8 Å². The zero-order valence-corrected chi connectivity index (χ0v) is 6.69. The molecule has 60 valence electrons. The maximum atomic E-state index is 10.9. The Hall–Kier alpha value is -0.800. The summed E-state index contributed by atoms with van der Waals surface area (Å²) in [6.45, 7) is 0. The molecule has 1 rings (SSSR count). The number of hydrazine groups is 1. The van der Waals surface area contributed by atoms with Gasteiger partial charge in [0.2, 0.25) is 0 Å². The zero-order chi connectivity index (χ0) is 8.27. The molecule has 0 atom stereocenters. The highest BCUT2D eigenvalue weighted by Gasteiger charge is 2.10. The molecule has 4 heteroatoms. The van der Waals surface area contributed by atoms with Crippen molar-refractivity contribution in [1.82, 2.24) is 5.43 Å². The molecule has 0 aromatic rings. The Bertz CT molecular complexity index is 233. The van der Waals surface area contributed by atoms with E-state index in [1.165, 1.54) is 0 Å². The van der Waals surface area contributed by atoms with E-state index < -0.39 is 0 Å². The number of hydrogen-bond donors (Lipinski definition) is 2. The van der Waals surface area contributed by atoms with Crippen molar-refractivity contribution >= 4 is 17.5 Å². The third-order valence-corrected chi connectivity index (χ3v) is 1.84. The van der Waals surface area contributed by atoms with Gasteiger partial charge in [-0.15, -0.1) is 0 Å². The van der Waals surface area contributed by atoms with Crippen LogP contribution < -0.4 is 11.3 Å². The standard InChI is InChI=1S/C7H9ClN2O/c8-6-3-1-5(2-4-6)7(11)10-9/h1,3H,2,4,9H2,(H,10,11). The lowest BCUT2D eigenvalue weighted by Gasteiger charge is -2.08. The van der Waals surface area contributed by atoms with Crippen LogP contribution in [0.5, 0.6) is 0 Å². The minimum absolute atomic E-state index is 0.231. The lowest BCUT2D eigenvalue weighted by atomic mass is 10.0. The second-order valence-electron chi connectivity index (χ2n) is 2.28. The van der Waals surface area contributed by atoms with Gasteiger partial charge in [-0.05, 0) is 18.9 Å². The first-order valence-corrected chi connectivity index (χ1v) is 3.68. The van der Waals surface area contributed by atoms with Crippen LogP contribution in [0, 0.1) is 0 Å². The number of carbonyl (C=O) groups excluding carboxylic acids is 1. The van der Waals surface area contributed by atoms with Crippen molar-refractivity contribution in [3.8, 4) is 0 Å². The average Bonchev–Trinajstić information content (AvgIpc) is 2.05. The van der Waals surface area contributed by atoms with E-state index in [0.29, 0.717) is 12.0 Å². The van der Waals surface area contributed by atoms with Gasteiger partial charge in [0, 0.05) is 10.6 Å². The quantitative estimate of drug-likeness (QED) is 0.350. The summed E-state index contributed by atoms with van der Waals surface area (Å²) in [6.07, 6.45) is 4.79. The van der Waals surface area contributed by atoms with Gasteiger partial charge in [0.15, 0.2) is 0 Å². The molecule has 0 aromatic carbocycles. The monoisotopic (exact) mass is 172 g/mol. The van der Waals surface area contributed by atoms with Crippen LogP contribution in [0.25, 0.3) is 0 Å². The summed E-state index contributed by atoms with van der Waals surface area (Å²) in [4.78, 5) is 10.9. The van der Waals surface area contributed by atoms with Crippen LogP contribution in [-0.4, -0.2) is 5.91 Å². The van der Waals surface area contributed by atoms with Crippen LogP contribution in [0.15, 0.2) is 22.8 Å². The van der Waals surface area contributed by atoms with Gasteiger partial charge in [0.05, 0.1) is 0 Å². The second-order valence-corrected chi connectivity index (χ2v) is 2.76. The highest BCUT2D eigenvalue weighted by Crippen LogP contribution is 2.20. The lowest BCUT2D eigenvalue weighted by molar-refractivity contribution is -0.117. The molecule has 0 spiro atoms. The van der Waals surface area contributed by atoms with Crippen LogP contribution in [0.4, 0.5) is 0 Å². The minimum Gasteiger partial charge on any atom is -0.290 e. The summed E-state index contributed by atoms with van der Waals surface area (Å²) in [5.74, 6) is 4.71. The molecule has 1 amide bonds. The normalized spacial score (nSPS) is 16.9. The van der Waals surface area contributed by atoms with E-state index in [1.807, 2.05) is 0 Å². The number of carbonyl (C=O) groups is 1. The first-order valence-electron chi connectivity index (χ1n) is 3.30. The summed E-state index contributed by atoms with van der Waals surface area (Å²) < 4.78 is 0. The molecule has 0 saturated carbocycles. The molecule has 3 nitrogen and oxygen atoms in total. The van der Waals surface area contributed by atoms with Gasteiger partial charge >= 0.3 is 0 Å². The van der Waals surface area contributed by atoms with Crippen molar-refractivity contribution in [3.63, 3.8) is 0 Å². The Balaban J connectivity index is 2.68. The van der Waals surface area contributed by atoms with Gasteiger partial charge in [-0.3, -0.25) is 10.2 Å². The summed E-state index contributed by atoms with van der Waals surface area (Å²) in [5, 5.41) is 0.776. The Kier molecular flexibility index (Phi) is 2.68. The number of amides is 1. The fourth-order valence-electron chi connectivity index (χ4n) is 0.894. The van der Waals surface area contributed by atoms with E-state index in [4.69, 9.17) is 17.4 Å². The molecule has 0 aromatic heterocycles. The van der Waals surface area contributed by atoms with E-state index in [0.717, 1.165) is 11.5 Å². The van der Waals surface area contributed by atoms with Gasteiger partial charge in [0.1, 0.15) is 0 Å². The number of rotatable bonds is 1. The number of hydrogen-bond acceptors (Lipinski definition) is 2. The number of allylic oxidation sites excluding steroid dienone is 3. The summed E-state index contributed by atoms with van der Waals surface area (Å²) in [5.41, 5.74) is 2.75. The second kappa shape index (κ2) is 3.55. The lowest BCUT2D eigenvalue weighted by Crippen LogP contribution is -2.31. The van der Waals surface area contributed by atoms with Crippen LogP contribution in [-0.2, 0) is 4.79 Å². The molecular formula is C7H9ClN2O. The molecule has 1 aliphatic rings. The molecule has 1 aliphatic carbocycles. The fraction of sp³-hybridized carbons (Fsp3) is 0.286. The van der Waals surface area contributed by atoms with Crippen molar-refractivity contribution < 1.29 is 4.79 Å². The predicted octanol–water partition coefficient (Wildman–Crippen LogP) is 0.819. The van der Waals surface area contributed by atoms with Gasteiger partial charge < -0.3 is 0 Å². The molecule has 0 radical (unpaired) electrons. The van der Waals surface area contributed by atoms with E-state index in [9.17, 15) is 4.79 Å². The van der Waals surface area contributed by atoms with Crippen LogP contribution >= 0.6 is 11.6 Å². The predicted molar refractivity (Wildman–Crippen MR) is 43.6 cm³/mol. The Morgan fingerprint density at radius 2 is 2.27 bits per heavy atom. The summed E-state index contributed by atoms with van der Waals surface area (Å²) >= 11 is 5.68. The van der Waals surface area contributed by atoms with Crippen molar-refractivity contribution in [2.24, 2.45) is 5.84 Å². The summed E-state index contributed by atoms with van der Waals surface area (Å²) in [7, 11) is 0. The number of nitrogens with two attached hydrogens (primary N) is 1. The largest absolute Gasteiger partial charge is 0.290 e. The van der Waals surface area contributed by atoms with Gasteiger partial charge in [-0.2, -0.15) is 0 Å². The fourth-order valence-corrected chi connectivity index (χ4v) is 1.05. The SMILES string of the molecule is NNC(=O)C1=CC=C(Cl)CC1. The number of halogens is 1. The third-order valence-electron chi connectivity index (χ3n) is 1.52. The Morgan fingerprint density at radius 3 is 2.73 bits per heavy atom. The molecule has 3 N–H and O–H groups in total. The Morgan fingerprint density at radius 1 is 1.55 bits per heavy atom. The molecule has 0 bridgehead atoms. The smallest absolute Gasteiger partial charge is 0.261 e. The molecule has 0 fully saturated rings. The first-order chi connectivity index (χ1) is 5.24. The van der Waals surface area contributed by atoms with Gasteiger partial charge in [-0.1, -0.05) is 17.7 Å². The van der Waals surface area contributed by atoms with Gasteiger partial charge in [0.25, 0.3) is 5.91 Å². The zero-order valence-electron chi connectivity index (χ0n) is 5.93. The molecule has 0 saturated heterocycles. The van der Waals surface area contributed by atoms with E-state index in [2.05, 4.69) is 5.43 Å². The summed E-state index contributed by atoms with van der Waals surface area (Å²) in [6, 6.07) is 0. The third kappa shape index (κ3) is 2.06. The highest BCUT2D eigenvalue weighted by molar-refractivity contribution is 6.29. The average molecular weight is 173 g/mol. The van der Waals surface area contributed by atoms with Crippen LogP contribution in [0.2, 0.25) is 0 Å².